The van der Waals surface area contributed by atoms with Crippen molar-refractivity contribution in [3.05, 3.63) is 92.4 Å². The number of benzene rings is 3. The zero-order valence-electron chi connectivity index (χ0n) is 18.1. The van der Waals surface area contributed by atoms with E-state index in [0.717, 1.165) is 21.3 Å². The Kier molecular flexibility index (Phi) is 9.94. The first kappa shape index (κ1) is 25.7. The normalized spacial score (nSPS) is 10.8. The van der Waals surface area contributed by atoms with Crippen molar-refractivity contribution in [1.29, 1.82) is 0 Å². The summed E-state index contributed by atoms with van der Waals surface area (Å²) in [5.74, 6) is 0.258. The van der Waals surface area contributed by atoms with Gasteiger partial charge in [-0.3, -0.25) is 9.59 Å². The molecule has 3 rings (SSSR count). The van der Waals surface area contributed by atoms with E-state index in [9.17, 15) is 9.59 Å². The summed E-state index contributed by atoms with van der Waals surface area (Å²) in [7, 11) is 0. The number of carbonyl (C=O) groups is 2. The molecule has 0 atom stereocenters. The van der Waals surface area contributed by atoms with Gasteiger partial charge in [0.25, 0.3) is 0 Å². The Bertz CT molecular complexity index is 1150. The first-order chi connectivity index (χ1) is 16.4. The molecule has 0 radical (unpaired) electrons. The second-order valence-electron chi connectivity index (χ2n) is 7.31. The molecule has 0 aliphatic heterocycles. The van der Waals surface area contributed by atoms with E-state index in [1.165, 1.54) is 0 Å². The number of hydrogen-bond acceptors (Lipinski definition) is 4. The summed E-state index contributed by atoms with van der Waals surface area (Å²) >= 11 is 15.2. The van der Waals surface area contributed by atoms with Crippen LogP contribution in [0.1, 0.15) is 30.4 Å². The molecule has 0 bridgehead atoms. The van der Waals surface area contributed by atoms with Crippen LogP contribution in [-0.4, -0.2) is 18.0 Å². The van der Waals surface area contributed by atoms with Gasteiger partial charge in [-0.2, -0.15) is 5.10 Å². The Hall–Kier alpha value is -2.87. The van der Waals surface area contributed by atoms with E-state index in [2.05, 4.69) is 31.8 Å². The highest BCUT2D eigenvalue weighted by atomic mass is 79.9. The Balaban J connectivity index is 1.34. The van der Waals surface area contributed by atoms with Crippen molar-refractivity contribution >= 4 is 62.8 Å². The molecule has 0 saturated carbocycles. The fraction of sp³-hybridized carbons (Fsp3) is 0.160. The monoisotopic (exact) mass is 561 g/mol. The molecule has 0 aromatic heterocycles. The highest BCUT2D eigenvalue weighted by Crippen LogP contribution is 2.25. The number of hydrogen-bond donors (Lipinski definition) is 2. The summed E-state index contributed by atoms with van der Waals surface area (Å²) in [6.45, 7) is 0.474. The van der Waals surface area contributed by atoms with E-state index >= 15 is 0 Å². The third-order valence-corrected chi connectivity index (χ3v) is 5.88. The van der Waals surface area contributed by atoms with Crippen LogP contribution in [0.15, 0.2) is 76.3 Å². The standard InChI is InChI=1S/C25H22BrCl2N3O3/c26-19-8-4-18(5-9-19)16-34-21-11-6-17(7-12-21)15-29-31-25(33)3-1-2-24(32)30-20-10-13-22(27)23(28)14-20/h4-15H,1-3,16H2,(H,30,32)(H,31,33)/b29-15-. The van der Waals surface area contributed by atoms with Gasteiger partial charge in [-0.05, 0) is 72.1 Å². The maximum Gasteiger partial charge on any atom is 0.240 e. The zero-order chi connectivity index (χ0) is 24.3. The molecule has 2 amide bonds. The number of hydrazone groups is 1. The van der Waals surface area contributed by atoms with E-state index in [0.29, 0.717) is 28.8 Å². The number of ether oxygens (including phenoxy) is 1. The van der Waals surface area contributed by atoms with Crippen molar-refractivity contribution < 1.29 is 14.3 Å². The van der Waals surface area contributed by atoms with Gasteiger partial charge in [0.15, 0.2) is 0 Å². The van der Waals surface area contributed by atoms with Gasteiger partial charge in [-0.25, -0.2) is 5.43 Å². The van der Waals surface area contributed by atoms with E-state index in [-0.39, 0.29) is 24.7 Å². The lowest BCUT2D eigenvalue weighted by atomic mass is 10.2. The number of carbonyl (C=O) groups excluding carboxylic acids is 2. The summed E-state index contributed by atoms with van der Waals surface area (Å²) < 4.78 is 6.79. The van der Waals surface area contributed by atoms with Gasteiger partial charge in [0.2, 0.25) is 11.8 Å². The highest BCUT2D eigenvalue weighted by Gasteiger charge is 2.07. The van der Waals surface area contributed by atoms with E-state index < -0.39 is 0 Å². The lowest BCUT2D eigenvalue weighted by molar-refractivity contribution is -0.121. The molecule has 9 heteroatoms. The van der Waals surface area contributed by atoms with Gasteiger partial charge < -0.3 is 10.1 Å². The van der Waals surface area contributed by atoms with Crippen molar-refractivity contribution in [3.63, 3.8) is 0 Å². The minimum absolute atomic E-state index is 0.176. The highest BCUT2D eigenvalue weighted by molar-refractivity contribution is 9.10. The molecular formula is C25H22BrCl2N3O3. The topological polar surface area (TPSA) is 79.8 Å². The Morgan fingerprint density at radius 3 is 2.32 bits per heavy atom. The summed E-state index contributed by atoms with van der Waals surface area (Å²) in [5, 5.41) is 7.45. The molecule has 176 valence electrons. The van der Waals surface area contributed by atoms with Gasteiger partial charge in [0.05, 0.1) is 16.3 Å². The summed E-state index contributed by atoms with van der Waals surface area (Å²) in [6, 6.07) is 20.2. The van der Waals surface area contributed by atoms with Crippen LogP contribution in [0.2, 0.25) is 10.0 Å². The number of rotatable bonds is 10. The molecule has 34 heavy (non-hydrogen) atoms. The third-order valence-electron chi connectivity index (χ3n) is 4.61. The molecule has 0 unspecified atom stereocenters. The van der Waals surface area contributed by atoms with Crippen LogP contribution in [0, 0.1) is 0 Å². The van der Waals surface area contributed by atoms with Crippen LogP contribution in [0.4, 0.5) is 5.69 Å². The van der Waals surface area contributed by atoms with Gasteiger partial charge in [0.1, 0.15) is 12.4 Å². The lowest BCUT2D eigenvalue weighted by Gasteiger charge is -2.07. The second-order valence-corrected chi connectivity index (χ2v) is 9.04. The first-order valence-corrected chi connectivity index (χ1v) is 12.0. The number of nitrogens with zero attached hydrogens (tertiary/aromatic N) is 1. The minimum Gasteiger partial charge on any atom is -0.489 e. The number of halogens is 3. The Labute approximate surface area is 216 Å². The first-order valence-electron chi connectivity index (χ1n) is 10.4. The SMILES string of the molecule is O=C(CCCC(=O)Nc1ccc(Cl)c(Cl)c1)N/N=C\c1ccc(OCc2ccc(Br)cc2)cc1. The zero-order valence-corrected chi connectivity index (χ0v) is 21.2. The maximum atomic E-state index is 12.0. The number of amides is 2. The van der Waals surface area contributed by atoms with E-state index in [1.54, 1.807) is 24.4 Å². The van der Waals surface area contributed by atoms with E-state index in [1.807, 2.05) is 48.5 Å². The molecule has 0 spiro atoms. The Morgan fingerprint density at radius 2 is 1.62 bits per heavy atom. The van der Waals surface area contributed by atoms with Crippen LogP contribution >= 0.6 is 39.1 Å². The lowest BCUT2D eigenvalue weighted by Crippen LogP contribution is -2.18. The minimum atomic E-state index is -0.270. The fourth-order valence-corrected chi connectivity index (χ4v) is 3.40. The second kappa shape index (κ2) is 13.1. The van der Waals surface area contributed by atoms with Gasteiger partial charge >= 0.3 is 0 Å². The fourth-order valence-electron chi connectivity index (χ4n) is 2.84. The van der Waals surface area contributed by atoms with Gasteiger partial charge in [0, 0.05) is 23.0 Å². The molecule has 3 aromatic carbocycles. The summed E-state index contributed by atoms with van der Waals surface area (Å²) in [4.78, 5) is 23.9. The van der Waals surface area contributed by atoms with Crippen molar-refractivity contribution in [2.24, 2.45) is 5.10 Å². The number of nitrogens with one attached hydrogen (secondary N) is 2. The van der Waals surface area contributed by atoms with Crippen molar-refractivity contribution in [2.45, 2.75) is 25.9 Å². The molecule has 0 aliphatic rings. The molecule has 2 N–H and O–H groups in total. The Morgan fingerprint density at radius 1 is 0.912 bits per heavy atom. The van der Waals surface area contributed by atoms with Gasteiger partial charge in [-0.1, -0.05) is 51.3 Å². The third kappa shape index (κ3) is 8.82. The predicted octanol–water partition coefficient (Wildman–Crippen LogP) is 6.59. The molecule has 0 fully saturated rings. The molecule has 3 aromatic rings. The predicted molar refractivity (Wildman–Crippen MR) is 140 cm³/mol. The van der Waals surface area contributed by atoms with Crippen LogP contribution in [0.25, 0.3) is 0 Å². The largest absolute Gasteiger partial charge is 0.489 e. The molecule has 0 heterocycles. The average molecular weight is 563 g/mol. The number of anilines is 1. The van der Waals surface area contributed by atoms with Crippen molar-refractivity contribution in [3.8, 4) is 5.75 Å². The van der Waals surface area contributed by atoms with Crippen LogP contribution in [0.3, 0.4) is 0 Å². The van der Waals surface area contributed by atoms with E-state index in [4.69, 9.17) is 27.9 Å². The maximum absolute atomic E-state index is 12.0. The quantitative estimate of drug-likeness (QED) is 0.216. The van der Waals surface area contributed by atoms with Crippen molar-refractivity contribution in [1.82, 2.24) is 5.43 Å². The molecular weight excluding hydrogens is 541 g/mol. The molecule has 6 nitrogen and oxygen atoms in total. The van der Waals surface area contributed by atoms with Gasteiger partial charge in [-0.15, -0.1) is 0 Å². The summed E-state index contributed by atoms with van der Waals surface area (Å²) in [6.07, 6.45) is 2.31. The smallest absolute Gasteiger partial charge is 0.240 e. The summed E-state index contributed by atoms with van der Waals surface area (Å²) in [5.41, 5.74) is 4.91. The van der Waals surface area contributed by atoms with Crippen molar-refractivity contribution in [2.75, 3.05) is 5.32 Å². The average Bonchev–Trinajstić information content (AvgIpc) is 2.82. The van der Waals surface area contributed by atoms with Crippen LogP contribution in [0.5, 0.6) is 5.75 Å². The van der Waals surface area contributed by atoms with Crippen LogP contribution < -0.4 is 15.5 Å². The molecule has 0 saturated heterocycles. The van der Waals surface area contributed by atoms with Crippen LogP contribution in [-0.2, 0) is 16.2 Å². The molecule has 0 aliphatic carbocycles.